The number of sulfone groups is 1. The molecular formula is C12H18N2O3S. The molecule has 2 aliphatic carbocycles. The molecule has 5 nitrogen and oxygen atoms in total. The van der Waals surface area contributed by atoms with Gasteiger partial charge in [0.15, 0.2) is 9.84 Å². The van der Waals surface area contributed by atoms with Gasteiger partial charge in [0.25, 0.3) is 0 Å². The first-order valence-electron chi connectivity index (χ1n) is 6.43. The lowest BCUT2D eigenvalue weighted by Crippen LogP contribution is -2.39. The fraction of sp³-hybridized carbons (Fsp3) is 0.833. The number of carbonyl (C=O) groups excluding carboxylic acids is 1. The van der Waals surface area contributed by atoms with Crippen LogP contribution in [0.3, 0.4) is 0 Å². The quantitative estimate of drug-likeness (QED) is 0.817. The smallest absolute Gasteiger partial charge is 0.235 e. The van der Waals surface area contributed by atoms with Crippen molar-refractivity contribution in [1.29, 1.82) is 5.26 Å². The van der Waals surface area contributed by atoms with Gasteiger partial charge in [0.1, 0.15) is 5.75 Å². The maximum absolute atomic E-state index is 12.2. The summed E-state index contributed by atoms with van der Waals surface area (Å²) in [5, 5.41) is 11.0. The number of hydrogen-bond acceptors (Lipinski definition) is 4. The highest BCUT2D eigenvalue weighted by Gasteiger charge is 2.37. The number of rotatable bonds is 4. The van der Waals surface area contributed by atoms with E-state index in [4.69, 9.17) is 5.26 Å². The number of carbonyl (C=O) groups is 1. The molecule has 6 heteroatoms. The van der Waals surface area contributed by atoms with Gasteiger partial charge < -0.3 is 5.32 Å². The average Bonchev–Trinajstić information content (AvgIpc) is 3.12. The third kappa shape index (κ3) is 3.22. The van der Waals surface area contributed by atoms with Gasteiger partial charge in [-0.3, -0.25) is 4.79 Å². The van der Waals surface area contributed by atoms with Crippen molar-refractivity contribution < 1.29 is 13.2 Å². The minimum atomic E-state index is -3.50. The molecule has 0 aromatic rings. The van der Waals surface area contributed by atoms with Crippen LogP contribution in [-0.4, -0.2) is 31.4 Å². The Morgan fingerprint density at radius 1 is 1.22 bits per heavy atom. The first-order chi connectivity index (χ1) is 8.53. The Bertz CT molecular complexity index is 462. The Balaban J connectivity index is 1.99. The van der Waals surface area contributed by atoms with Crippen LogP contribution >= 0.6 is 0 Å². The summed E-state index contributed by atoms with van der Waals surface area (Å²) in [6.45, 7) is 0. The van der Waals surface area contributed by atoms with Gasteiger partial charge in [-0.15, -0.1) is 0 Å². The second kappa shape index (κ2) is 5.27. The highest BCUT2D eigenvalue weighted by molar-refractivity contribution is 7.92. The highest BCUT2D eigenvalue weighted by Crippen LogP contribution is 2.29. The van der Waals surface area contributed by atoms with Crippen molar-refractivity contribution in [2.24, 2.45) is 5.92 Å². The van der Waals surface area contributed by atoms with Gasteiger partial charge in [-0.25, -0.2) is 8.42 Å². The molecule has 18 heavy (non-hydrogen) atoms. The van der Waals surface area contributed by atoms with Crippen LogP contribution in [0.15, 0.2) is 0 Å². The van der Waals surface area contributed by atoms with Crippen molar-refractivity contribution in [3.05, 3.63) is 0 Å². The van der Waals surface area contributed by atoms with Crippen molar-refractivity contribution in [2.75, 3.05) is 5.75 Å². The number of nitriles is 1. The van der Waals surface area contributed by atoms with Gasteiger partial charge in [0.2, 0.25) is 5.91 Å². The molecule has 1 amide bonds. The van der Waals surface area contributed by atoms with E-state index in [0.29, 0.717) is 12.8 Å². The van der Waals surface area contributed by atoms with Crippen molar-refractivity contribution in [2.45, 2.75) is 49.8 Å². The lowest BCUT2D eigenvalue weighted by atomic mass is 9.90. The van der Waals surface area contributed by atoms with Gasteiger partial charge in [-0.2, -0.15) is 5.26 Å². The Morgan fingerprint density at radius 2 is 1.89 bits per heavy atom. The van der Waals surface area contributed by atoms with Crippen LogP contribution in [0.25, 0.3) is 0 Å². The molecule has 1 N–H and O–H groups in total. The molecule has 0 bridgehead atoms. The maximum Gasteiger partial charge on any atom is 0.235 e. The molecule has 0 radical (unpaired) electrons. The van der Waals surface area contributed by atoms with Crippen molar-refractivity contribution in [3.8, 4) is 6.07 Å². The number of nitrogens with zero attached hydrogens (tertiary/aromatic N) is 1. The predicted molar refractivity (Wildman–Crippen MR) is 66.3 cm³/mol. The summed E-state index contributed by atoms with van der Waals surface area (Å²) >= 11 is 0. The van der Waals surface area contributed by atoms with E-state index < -0.39 is 32.7 Å². The van der Waals surface area contributed by atoms with E-state index in [1.54, 1.807) is 0 Å². The molecule has 0 spiro atoms. The lowest BCUT2D eigenvalue weighted by Gasteiger charge is -2.26. The Hall–Kier alpha value is -1.09. The first kappa shape index (κ1) is 13.3. The average molecular weight is 270 g/mol. The number of amides is 1. The molecule has 2 saturated carbocycles. The molecule has 2 rings (SSSR count). The second-order valence-electron chi connectivity index (χ2n) is 5.21. The van der Waals surface area contributed by atoms with Crippen LogP contribution in [0.4, 0.5) is 0 Å². The van der Waals surface area contributed by atoms with E-state index in [1.807, 2.05) is 0 Å². The van der Waals surface area contributed by atoms with Gasteiger partial charge >= 0.3 is 0 Å². The first-order valence-corrected chi connectivity index (χ1v) is 8.15. The molecule has 100 valence electrons. The molecule has 2 atom stereocenters. The van der Waals surface area contributed by atoms with E-state index in [0.717, 1.165) is 25.7 Å². The van der Waals surface area contributed by atoms with Crippen LogP contribution in [0.2, 0.25) is 0 Å². The minimum absolute atomic E-state index is 0.172. The van der Waals surface area contributed by atoms with Gasteiger partial charge in [0.05, 0.1) is 17.2 Å². The Kier molecular flexibility index (Phi) is 3.91. The van der Waals surface area contributed by atoms with Gasteiger partial charge in [-0.05, 0) is 25.7 Å². The summed E-state index contributed by atoms with van der Waals surface area (Å²) in [6.07, 6.45) is 4.75. The Labute approximate surface area is 107 Å². The molecule has 0 aliphatic heterocycles. The van der Waals surface area contributed by atoms with E-state index in [2.05, 4.69) is 11.4 Å². The highest BCUT2D eigenvalue weighted by atomic mass is 32.2. The SMILES string of the molecule is N#CC1CCCCC1S(=O)(=O)CC(=O)NC1CC1. The van der Waals surface area contributed by atoms with E-state index in [-0.39, 0.29) is 6.04 Å². The molecule has 0 aromatic heterocycles. The fourth-order valence-corrected chi connectivity index (χ4v) is 4.35. The van der Waals surface area contributed by atoms with Crippen molar-refractivity contribution in [1.82, 2.24) is 5.32 Å². The van der Waals surface area contributed by atoms with E-state index >= 15 is 0 Å². The van der Waals surface area contributed by atoms with Crippen molar-refractivity contribution >= 4 is 15.7 Å². The van der Waals surface area contributed by atoms with Crippen LogP contribution in [0.5, 0.6) is 0 Å². The summed E-state index contributed by atoms with van der Waals surface area (Å²) in [7, 11) is -3.50. The zero-order valence-corrected chi connectivity index (χ0v) is 11.1. The zero-order chi connectivity index (χ0) is 13.2. The third-order valence-electron chi connectivity index (χ3n) is 3.60. The maximum atomic E-state index is 12.2. The second-order valence-corrected chi connectivity index (χ2v) is 7.43. The van der Waals surface area contributed by atoms with E-state index in [9.17, 15) is 13.2 Å². The molecule has 2 aliphatic rings. The minimum Gasteiger partial charge on any atom is -0.352 e. The van der Waals surface area contributed by atoms with Crippen LogP contribution in [0, 0.1) is 17.2 Å². The molecule has 0 saturated heterocycles. The van der Waals surface area contributed by atoms with Gasteiger partial charge in [-0.1, -0.05) is 12.8 Å². The normalized spacial score (nSPS) is 28.4. The summed E-state index contributed by atoms with van der Waals surface area (Å²) in [5.41, 5.74) is 0. The zero-order valence-electron chi connectivity index (χ0n) is 10.3. The van der Waals surface area contributed by atoms with Gasteiger partial charge in [0, 0.05) is 6.04 Å². The molecule has 2 fully saturated rings. The number of nitrogens with one attached hydrogen (secondary N) is 1. The summed E-state index contributed by atoms with van der Waals surface area (Å²) in [6, 6.07) is 2.25. The molecular weight excluding hydrogens is 252 g/mol. The lowest BCUT2D eigenvalue weighted by molar-refractivity contribution is -0.118. The largest absolute Gasteiger partial charge is 0.352 e. The summed E-state index contributed by atoms with van der Waals surface area (Å²) in [5.74, 6) is -1.33. The third-order valence-corrected chi connectivity index (χ3v) is 5.76. The van der Waals surface area contributed by atoms with Crippen molar-refractivity contribution in [3.63, 3.8) is 0 Å². The molecule has 0 heterocycles. The van der Waals surface area contributed by atoms with Crippen LogP contribution in [0.1, 0.15) is 38.5 Å². The van der Waals surface area contributed by atoms with Crippen LogP contribution in [-0.2, 0) is 14.6 Å². The Morgan fingerprint density at radius 3 is 2.50 bits per heavy atom. The predicted octanol–water partition coefficient (Wildman–Crippen LogP) is 0.762. The summed E-state index contributed by atoms with van der Waals surface area (Å²) < 4.78 is 24.3. The fourth-order valence-electron chi connectivity index (χ4n) is 2.46. The number of hydrogen-bond donors (Lipinski definition) is 1. The molecule has 0 aromatic carbocycles. The van der Waals surface area contributed by atoms with Crippen LogP contribution < -0.4 is 5.32 Å². The van der Waals surface area contributed by atoms with E-state index in [1.165, 1.54) is 0 Å². The standard InChI is InChI=1S/C12H18N2O3S/c13-7-9-3-1-2-4-11(9)18(16,17)8-12(15)14-10-5-6-10/h9-11H,1-6,8H2,(H,14,15). The monoisotopic (exact) mass is 270 g/mol. The summed E-state index contributed by atoms with van der Waals surface area (Å²) in [4.78, 5) is 11.6. The topological polar surface area (TPSA) is 87.0 Å². The molecule has 2 unspecified atom stereocenters.